The highest BCUT2D eigenvalue weighted by Crippen LogP contribution is 2.22. The van der Waals surface area contributed by atoms with Gasteiger partial charge in [0.1, 0.15) is 17.7 Å². The van der Waals surface area contributed by atoms with Gasteiger partial charge in [-0.25, -0.2) is 15.1 Å². The second-order valence-electron chi connectivity index (χ2n) is 6.53. The standard InChI is InChI=1S/C19H21N7O/c1-12(2)27-18-10-17(24-25-18)26-11-21-15-7-8-16(23-19(15)26)22-13(3)14-6-4-5-9-20-14/h4-13H,1-3H3,(H,22,23)(H,24,25)/t13-/m0/s1. The largest absolute Gasteiger partial charge is 0.475 e. The van der Waals surface area contributed by atoms with E-state index in [1.807, 2.05) is 54.8 Å². The summed E-state index contributed by atoms with van der Waals surface area (Å²) in [7, 11) is 0. The molecule has 4 aromatic rings. The van der Waals surface area contributed by atoms with Crippen molar-refractivity contribution in [2.45, 2.75) is 32.9 Å². The molecule has 4 heterocycles. The molecule has 4 aromatic heterocycles. The molecule has 0 aliphatic rings. The van der Waals surface area contributed by atoms with Crippen molar-refractivity contribution < 1.29 is 4.74 Å². The number of nitrogens with zero attached hydrogens (tertiary/aromatic N) is 5. The number of pyridine rings is 2. The van der Waals surface area contributed by atoms with Crippen LogP contribution in [-0.2, 0) is 0 Å². The smallest absolute Gasteiger partial charge is 0.211 e. The topological polar surface area (TPSA) is 93.5 Å². The lowest BCUT2D eigenvalue weighted by Crippen LogP contribution is -2.09. The summed E-state index contributed by atoms with van der Waals surface area (Å²) in [6, 6.07) is 11.6. The van der Waals surface area contributed by atoms with E-state index >= 15 is 0 Å². The Kier molecular flexibility index (Phi) is 4.45. The molecule has 8 nitrogen and oxygen atoms in total. The minimum Gasteiger partial charge on any atom is -0.475 e. The summed E-state index contributed by atoms with van der Waals surface area (Å²) >= 11 is 0. The minimum atomic E-state index is 0.0314. The van der Waals surface area contributed by atoms with Crippen molar-refractivity contribution in [3.8, 4) is 11.7 Å². The molecule has 0 saturated carbocycles. The third-order valence-electron chi connectivity index (χ3n) is 4.04. The monoisotopic (exact) mass is 363 g/mol. The molecule has 138 valence electrons. The number of hydrogen-bond donors (Lipinski definition) is 2. The Labute approximate surface area is 156 Å². The number of fused-ring (bicyclic) bond motifs is 1. The Balaban J connectivity index is 1.62. The molecule has 0 aliphatic heterocycles. The summed E-state index contributed by atoms with van der Waals surface area (Å²) < 4.78 is 7.47. The van der Waals surface area contributed by atoms with Crippen LogP contribution in [0, 0.1) is 0 Å². The fraction of sp³-hybridized carbons (Fsp3) is 0.263. The van der Waals surface area contributed by atoms with Gasteiger partial charge in [-0.3, -0.25) is 9.55 Å². The first kappa shape index (κ1) is 17.0. The Hall–Kier alpha value is -3.42. The first-order chi connectivity index (χ1) is 13.1. The Morgan fingerprint density at radius 3 is 2.78 bits per heavy atom. The van der Waals surface area contributed by atoms with Gasteiger partial charge in [-0.1, -0.05) is 6.07 Å². The van der Waals surface area contributed by atoms with Crippen molar-refractivity contribution >= 4 is 17.0 Å². The maximum absolute atomic E-state index is 5.64. The molecule has 0 amide bonds. The van der Waals surface area contributed by atoms with Gasteiger partial charge in [-0.2, -0.15) is 5.10 Å². The molecule has 4 rings (SSSR count). The Morgan fingerprint density at radius 1 is 1.11 bits per heavy atom. The van der Waals surface area contributed by atoms with Crippen LogP contribution in [-0.4, -0.2) is 35.8 Å². The van der Waals surface area contributed by atoms with E-state index in [2.05, 4.69) is 32.4 Å². The van der Waals surface area contributed by atoms with Crippen molar-refractivity contribution in [3.63, 3.8) is 0 Å². The van der Waals surface area contributed by atoms with Gasteiger partial charge in [-0.05, 0) is 45.0 Å². The molecule has 2 N–H and O–H groups in total. The molecule has 0 radical (unpaired) electrons. The van der Waals surface area contributed by atoms with Crippen LogP contribution in [0.5, 0.6) is 5.88 Å². The molecule has 0 fully saturated rings. The van der Waals surface area contributed by atoms with Gasteiger partial charge in [0.25, 0.3) is 0 Å². The molecule has 0 unspecified atom stereocenters. The number of anilines is 1. The zero-order valence-corrected chi connectivity index (χ0v) is 15.4. The van der Waals surface area contributed by atoms with Gasteiger partial charge in [0.2, 0.25) is 5.88 Å². The molecule has 0 bridgehead atoms. The highest BCUT2D eigenvalue weighted by molar-refractivity contribution is 5.74. The average Bonchev–Trinajstić information content (AvgIpc) is 3.28. The minimum absolute atomic E-state index is 0.0314. The molecule has 0 aliphatic carbocycles. The van der Waals surface area contributed by atoms with Crippen LogP contribution in [0.4, 0.5) is 5.82 Å². The van der Waals surface area contributed by atoms with Crippen LogP contribution in [0.15, 0.2) is 48.9 Å². The number of ether oxygens (including phenoxy) is 1. The van der Waals surface area contributed by atoms with Crippen LogP contribution in [0.25, 0.3) is 17.0 Å². The SMILES string of the molecule is CC(C)Oc1cc(-n2cnc3ccc(N[C@@H](C)c4ccccn4)nc32)n[nH]1. The summed E-state index contributed by atoms with van der Waals surface area (Å²) in [5.74, 6) is 2.03. The van der Waals surface area contributed by atoms with E-state index in [4.69, 9.17) is 9.72 Å². The molecule has 0 aromatic carbocycles. The zero-order chi connectivity index (χ0) is 18.8. The molecule has 27 heavy (non-hydrogen) atoms. The lowest BCUT2D eigenvalue weighted by Gasteiger charge is -2.13. The highest BCUT2D eigenvalue weighted by Gasteiger charge is 2.13. The van der Waals surface area contributed by atoms with E-state index in [0.717, 1.165) is 22.7 Å². The van der Waals surface area contributed by atoms with Crippen molar-refractivity contribution in [2.75, 3.05) is 5.32 Å². The van der Waals surface area contributed by atoms with Crippen LogP contribution >= 0.6 is 0 Å². The normalized spacial score (nSPS) is 12.4. The number of imidazole rings is 1. The summed E-state index contributed by atoms with van der Waals surface area (Å²) in [6.07, 6.45) is 3.56. The predicted octanol–water partition coefficient (Wildman–Crippen LogP) is 3.50. The number of nitrogens with one attached hydrogen (secondary N) is 2. The molecule has 0 saturated heterocycles. The molecule has 0 spiro atoms. The van der Waals surface area contributed by atoms with Crippen molar-refractivity contribution in [1.82, 2.24) is 29.7 Å². The fourth-order valence-electron chi connectivity index (χ4n) is 2.80. The fourth-order valence-corrected chi connectivity index (χ4v) is 2.80. The number of rotatable bonds is 6. The van der Waals surface area contributed by atoms with Crippen LogP contribution < -0.4 is 10.1 Å². The van der Waals surface area contributed by atoms with Gasteiger partial charge in [0, 0.05) is 12.3 Å². The maximum atomic E-state index is 5.64. The van der Waals surface area contributed by atoms with Crippen LogP contribution in [0.2, 0.25) is 0 Å². The van der Waals surface area contributed by atoms with Gasteiger partial charge in [0.05, 0.1) is 17.8 Å². The number of hydrogen-bond acceptors (Lipinski definition) is 6. The summed E-state index contributed by atoms with van der Waals surface area (Å²) in [4.78, 5) is 13.5. The van der Waals surface area contributed by atoms with E-state index in [9.17, 15) is 0 Å². The lowest BCUT2D eigenvalue weighted by molar-refractivity contribution is 0.232. The van der Waals surface area contributed by atoms with Gasteiger partial charge in [0.15, 0.2) is 11.5 Å². The van der Waals surface area contributed by atoms with E-state index in [0.29, 0.717) is 11.7 Å². The van der Waals surface area contributed by atoms with Gasteiger partial charge in [-0.15, -0.1) is 0 Å². The van der Waals surface area contributed by atoms with E-state index in [1.165, 1.54) is 0 Å². The predicted molar refractivity (Wildman–Crippen MR) is 103 cm³/mol. The van der Waals surface area contributed by atoms with Crippen LogP contribution in [0.1, 0.15) is 32.5 Å². The Bertz CT molecular complexity index is 1040. The summed E-state index contributed by atoms with van der Waals surface area (Å²) in [5, 5.41) is 10.6. The van der Waals surface area contributed by atoms with Crippen molar-refractivity contribution in [1.29, 1.82) is 0 Å². The number of H-pyrrole nitrogens is 1. The average molecular weight is 363 g/mol. The maximum Gasteiger partial charge on any atom is 0.211 e. The Morgan fingerprint density at radius 2 is 2.00 bits per heavy atom. The molecule has 1 atom stereocenters. The highest BCUT2D eigenvalue weighted by atomic mass is 16.5. The second-order valence-corrected chi connectivity index (χ2v) is 6.53. The number of aromatic amines is 1. The molecular weight excluding hydrogens is 342 g/mol. The second kappa shape index (κ2) is 7.06. The summed E-state index contributed by atoms with van der Waals surface area (Å²) in [6.45, 7) is 5.99. The first-order valence-electron chi connectivity index (χ1n) is 8.84. The quantitative estimate of drug-likeness (QED) is 0.544. The van der Waals surface area contributed by atoms with E-state index in [-0.39, 0.29) is 12.1 Å². The lowest BCUT2D eigenvalue weighted by atomic mass is 10.2. The van der Waals surface area contributed by atoms with E-state index in [1.54, 1.807) is 12.5 Å². The van der Waals surface area contributed by atoms with E-state index < -0.39 is 0 Å². The van der Waals surface area contributed by atoms with Gasteiger partial charge < -0.3 is 10.1 Å². The van der Waals surface area contributed by atoms with Crippen molar-refractivity contribution in [3.05, 3.63) is 54.6 Å². The zero-order valence-electron chi connectivity index (χ0n) is 15.4. The third kappa shape index (κ3) is 3.59. The first-order valence-corrected chi connectivity index (χ1v) is 8.84. The van der Waals surface area contributed by atoms with Gasteiger partial charge >= 0.3 is 0 Å². The number of aromatic nitrogens is 6. The summed E-state index contributed by atoms with van der Waals surface area (Å²) in [5.41, 5.74) is 2.46. The molecule has 8 heteroatoms. The third-order valence-corrected chi connectivity index (χ3v) is 4.04. The molecular formula is C19H21N7O. The van der Waals surface area contributed by atoms with Crippen LogP contribution in [0.3, 0.4) is 0 Å². The van der Waals surface area contributed by atoms with Crippen molar-refractivity contribution in [2.24, 2.45) is 0 Å².